The Morgan fingerprint density at radius 2 is 1.93 bits per heavy atom. The van der Waals surface area contributed by atoms with Gasteiger partial charge in [0.15, 0.2) is 6.61 Å². The summed E-state index contributed by atoms with van der Waals surface area (Å²) in [5, 5.41) is 3.97. The van der Waals surface area contributed by atoms with Crippen molar-refractivity contribution >= 4 is 29.4 Å². The van der Waals surface area contributed by atoms with Crippen molar-refractivity contribution in [1.82, 2.24) is 15.8 Å². The van der Waals surface area contributed by atoms with Crippen LogP contribution in [0.25, 0.3) is 0 Å². The molecule has 1 saturated heterocycles. The van der Waals surface area contributed by atoms with Gasteiger partial charge in [-0.25, -0.2) is 4.79 Å². The maximum Gasteiger partial charge on any atom is 0.344 e. The fraction of sp³-hybridized carbons (Fsp3) is 0.286. The second kappa shape index (κ2) is 8.53. The summed E-state index contributed by atoms with van der Waals surface area (Å²) in [6.07, 6.45) is 1.03. The van der Waals surface area contributed by atoms with Crippen LogP contribution in [0.2, 0.25) is 5.02 Å². The monoisotopic (exact) mass is 415 g/mol. The summed E-state index contributed by atoms with van der Waals surface area (Å²) in [5.41, 5.74) is 3.09. The number of ether oxygens (including phenoxy) is 1. The molecular formula is C21H22ClN3O4. The number of nitrogens with zero attached hydrogens (tertiary/aromatic N) is 1. The first-order valence-corrected chi connectivity index (χ1v) is 9.55. The van der Waals surface area contributed by atoms with E-state index in [-0.39, 0.29) is 6.61 Å². The number of hydrogen-bond donors (Lipinski definition) is 2. The fourth-order valence-corrected chi connectivity index (χ4v) is 3.12. The van der Waals surface area contributed by atoms with Gasteiger partial charge in [-0.05, 0) is 56.0 Å². The number of carbonyl (C=O) groups is 3. The Balaban J connectivity index is 1.56. The Hall–Kier alpha value is -3.06. The van der Waals surface area contributed by atoms with Crippen molar-refractivity contribution in [3.8, 4) is 5.75 Å². The standard InChI is InChI=1S/C21H22ClN3O4/c1-14-12-16(8-9-17(14)22)29-13-18(26)24-25-19(27)21(2,23-20(25)28)11-10-15-6-4-3-5-7-15/h3-9,12H,10-11,13H2,1-2H3,(H,23,28)(H,24,26)/t21-/m0/s1. The van der Waals surface area contributed by atoms with Gasteiger partial charge in [-0.2, -0.15) is 5.01 Å². The minimum Gasteiger partial charge on any atom is -0.484 e. The van der Waals surface area contributed by atoms with Crippen LogP contribution in [0.15, 0.2) is 48.5 Å². The number of imide groups is 1. The summed E-state index contributed by atoms with van der Waals surface area (Å²) in [7, 11) is 0. The number of amides is 4. The maximum atomic E-state index is 12.7. The quantitative estimate of drug-likeness (QED) is 0.680. The molecule has 0 spiro atoms. The SMILES string of the molecule is Cc1cc(OCC(=O)NN2C(=O)N[C@@](C)(CCc3ccccc3)C2=O)ccc1Cl. The van der Waals surface area contributed by atoms with Gasteiger partial charge in [-0.1, -0.05) is 41.9 Å². The predicted molar refractivity (Wildman–Crippen MR) is 108 cm³/mol. The van der Waals surface area contributed by atoms with Gasteiger partial charge in [-0.15, -0.1) is 0 Å². The number of benzene rings is 2. The van der Waals surface area contributed by atoms with Gasteiger partial charge in [-0.3, -0.25) is 15.0 Å². The van der Waals surface area contributed by atoms with Gasteiger partial charge in [0.2, 0.25) is 0 Å². The van der Waals surface area contributed by atoms with Crippen LogP contribution < -0.4 is 15.5 Å². The van der Waals surface area contributed by atoms with Crippen molar-refractivity contribution in [3.63, 3.8) is 0 Å². The molecule has 0 saturated carbocycles. The van der Waals surface area contributed by atoms with Crippen molar-refractivity contribution < 1.29 is 19.1 Å². The van der Waals surface area contributed by atoms with E-state index >= 15 is 0 Å². The largest absolute Gasteiger partial charge is 0.484 e. The van der Waals surface area contributed by atoms with Gasteiger partial charge >= 0.3 is 6.03 Å². The second-order valence-corrected chi connectivity index (χ2v) is 7.53. The minimum absolute atomic E-state index is 0.348. The molecule has 0 aromatic heterocycles. The van der Waals surface area contributed by atoms with E-state index in [0.717, 1.165) is 11.1 Å². The summed E-state index contributed by atoms with van der Waals surface area (Å²) in [6.45, 7) is 3.12. The first-order valence-electron chi connectivity index (χ1n) is 9.17. The number of halogens is 1. The fourth-order valence-electron chi connectivity index (χ4n) is 3.01. The number of nitrogens with one attached hydrogen (secondary N) is 2. The van der Waals surface area contributed by atoms with Crippen molar-refractivity contribution in [2.24, 2.45) is 0 Å². The molecule has 29 heavy (non-hydrogen) atoms. The van der Waals surface area contributed by atoms with E-state index in [9.17, 15) is 14.4 Å². The highest BCUT2D eigenvalue weighted by Crippen LogP contribution is 2.23. The summed E-state index contributed by atoms with van der Waals surface area (Å²) >= 11 is 5.96. The van der Waals surface area contributed by atoms with E-state index in [2.05, 4.69) is 10.7 Å². The normalized spacial score (nSPS) is 18.5. The van der Waals surface area contributed by atoms with Crippen LogP contribution in [0.5, 0.6) is 5.75 Å². The summed E-state index contributed by atoms with van der Waals surface area (Å²) < 4.78 is 5.40. The lowest BCUT2D eigenvalue weighted by atomic mass is 9.93. The molecule has 0 unspecified atom stereocenters. The molecule has 1 heterocycles. The Bertz CT molecular complexity index is 935. The van der Waals surface area contributed by atoms with Crippen molar-refractivity contribution in [3.05, 3.63) is 64.7 Å². The number of hydrogen-bond acceptors (Lipinski definition) is 4. The molecule has 3 rings (SSSR count). The first kappa shape index (κ1) is 20.7. The zero-order chi connectivity index (χ0) is 21.0. The summed E-state index contributed by atoms with van der Waals surface area (Å²) in [5.74, 6) is -0.658. The molecular weight excluding hydrogens is 394 g/mol. The zero-order valence-corrected chi connectivity index (χ0v) is 17.0. The van der Waals surface area contributed by atoms with Crippen molar-refractivity contribution in [1.29, 1.82) is 0 Å². The van der Waals surface area contributed by atoms with Crippen LogP contribution in [0.4, 0.5) is 4.79 Å². The maximum absolute atomic E-state index is 12.7. The van der Waals surface area contributed by atoms with Crippen LogP contribution >= 0.6 is 11.6 Å². The number of aryl methyl sites for hydroxylation is 2. The average molecular weight is 416 g/mol. The highest BCUT2D eigenvalue weighted by atomic mass is 35.5. The van der Waals surface area contributed by atoms with Crippen molar-refractivity contribution in [2.45, 2.75) is 32.2 Å². The Morgan fingerprint density at radius 3 is 2.62 bits per heavy atom. The molecule has 7 nitrogen and oxygen atoms in total. The average Bonchev–Trinajstić information content (AvgIpc) is 2.91. The van der Waals surface area contributed by atoms with Crippen LogP contribution in [-0.4, -0.2) is 35.0 Å². The molecule has 2 aromatic carbocycles. The van der Waals surface area contributed by atoms with Gasteiger partial charge < -0.3 is 10.1 Å². The molecule has 1 aliphatic heterocycles. The van der Waals surface area contributed by atoms with Gasteiger partial charge in [0, 0.05) is 5.02 Å². The molecule has 0 bridgehead atoms. The van der Waals surface area contributed by atoms with Gasteiger partial charge in [0.25, 0.3) is 11.8 Å². The third-order valence-corrected chi connectivity index (χ3v) is 5.18. The lowest BCUT2D eigenvalue weighted by Crippen LogP contribution is -2.50. The van der Waals surface area contributed by atoms with E-state index in [0.29, 0.717) is 28.6 Å². The van der Waals surface area contributed by atoms with Gasteiger partial charge in [0.1, 0.15) is 11.3 Å². The zero-order valence-electron chi connectivity index (χ0n) is 16.2. The molecule has 0 aliphatic carbocycles. The molecule has 152 valence electrons. The highest BCUT2D eigenvalue weighted by molar-refractivity contribution is 6.31. The molecule has 1 atom stereocenters. The Kier molecular flexibility index (Phi) is 6.08. The molecule has 2 aromatic rings. The van der Waals surface area contributed by atoms with Crippen molar-refractivity contribution in [2.75, 3.05) is 6.61 Å². The third-order valence-electron chi connectivity index (χ3n) is 4.75. The van der Waals surface area contributed by atoms with Crippen LogP contribution in [0.1, 0.15) is 24.5 Å². The lowest BCUT2D eigenvalue weighted by Gasteiger charge is -2.21. The van der Waals surface area contributed by atoms with Crippen LogP contribution in [0.3, 0.4) is 0 Å². The van der Waals surface area contributed by atoms with E-state index in [1.165, 1.54) is 0 Å². The van der Waals surface area contributed by atoms with E-state index < -0.39 is 23.4 Å². The van der Waals surface area contributed by atoms with E-state index in [4.69, 9.17) is 16.3 Å². The van der Waals surface area contributed by atoms with Crippen LogP contribution in [-0.2, 0) is 16.0 Å². The minimum atomic E-state index is -1.09. The van der Waals surface area contributed by atoms with Gasteiger partial charge in [0.05, 0.1) is 0 Å². The smallest absolute Gasteiger partial charge is 0.344 e. The molecule has 0 radical (unpaired) electrons. The second-order valence-electron chi connectivity index (χ2n) is 7.12. The number of urea groups is 1. The molecule has 8 heteroatoms. The number of carbonyl (C=O) groups excluding carboxylic acids is 3. The molecule has 2 N–H and O–H groups in total. The molecule has 1 fully saturated rings. The van der Waals surface area contributed by atoms with E-state index in [1.54, 1.807) is 25.1 Å². The Morgan fingerprint density at radius 1 is 1.21 bits per heavy atom. The topological polar surface area (TPSA) is 87.7 Å². The number of hydrazine groups is 1. The number of rotatable bonds is 7. The lowest BCUT2D eigenvalue weighted by molar-refractivity contribution is -0.139. The summed E-state index contributed by atoms with van der Waals surface area (Å²) in [6, 6.07) is 14.0. The summed E-state index contributed by atoms with van der Waals surface area (Å²) in [4.78, 5) is 37.1. The Labute approximate surface area is 173 Å². The van der Waals surface area contributed by atoms with E-state index in [1.807, 2.05) is 37.3 Å². The highest BCUT2D eigenvalue weighted by Gasteiger charge is 2.48. The third kappa shape index (κ3) is 4.86. The predicted octanol–water partition coefficient (Wildman–Crippen LogP) is 3.00. The van der Waals surface area contributed by atoms with Crippen LogP contribution in [0, 0.1) is 6.92 Å². The molecule has 1 aliphatic rings. The first-order chi connectivity index (χ1) is 13.8. The molecule has 4 amide bonds.